The minimum Gasteiger partial charge on any atom is -0.488 e. The molecule has 0 unspecified atom stereocenters. The number of nitrogens with zero attached hydrogens (tertiary/aromatic N) is 2. The molecule has 0 radical (unpaired) electrons. The van der Waals surface area contributed by atoms with Gasteiger partial charge in [0.2, 0.25) is 0 Å². The summed E-state index contributed by atoms with van der Waals surface area (Å²) in [5, 5.41) is 7.65. The van der Waals surface area contributed by atoms with Gasteiger partial charge in [-0.2, -0.15) is 10.2 Å². The van der Waals surface area contributed by atoms with Gasteiger partial charge in [0.25, 0.3) is 0 Å². The summed E-state index contributed by atoms with van der Waals surface area (Å²) in [6, 6.07) is 7.09. The van der Waals surface area contributed by atoms with Gasteiger partial charge in [-0.1, -0.05) is 57.2 Å². The van der Waals surface area contributed by atoms with Crippen LogP contribution in [-0.2, 0) is 9.59 Å². The van der Waals surface area contributed by atoms with Crippen molar-refractivity contribution in [2.45, 2.75) is 0 Å². The molecule has 12 heteroatoms. The quantitative estimate of drug-likeness (QED) is 0.147. The Kier molecular flexibility index (Phi) is 11.7. The molecule has 0 atom stereocenters. The Morgan fingerprint density at radius 2 is 1.15 bits per heavy atom. The van der Waals surface area contributed by atoms with E-state index in [4.69, 9.17) is 9.47 Å². The number of nitrogens with one attached hydrogen (secondary N) is 2. The monoisotopic (exact) mass is 718 g/mol. The van der Waals surface area contributed by atoms with E-state index in [1.807, 2.05) is 0 Å². The van der Waals surface area contributed by atoms with Crippen molar-refractivity contribution in [3.63, 3.8) is 0 Å². The highest BCUT2D eigenvalue weighted by atomic mass is 79.9. The summed E-state index contributed by atoms with van der Waals surface area (Å²) in [6.45, 7) is 7.79. The van der Waals surface area contributed by atoms with Crippen molar-refractivity contribution >= 4 is 88.0 Å². The fourth-order valence-corrected chi connectivity index (χ4v) is 5.11. The number of amides is 2. The molecule has 0 aliphatic rings. The molecule has 0 bridgehead atoms. The predicted octanol–water partition coefficient (Wildman–Crippen LogP) is 5.47. The van der Waals surface area contributed by atoms with E-state index >= 15 is 0 Å². The zero-order chi connectivity index (χ0) is 25.1. The van der Waals surface area contributed by atoms with Crippen molar-refractivity contribution in [2.24, 2.45) is 10.2 Å². The number of hydrogen-bond donors (Lipinski definition) is 2. The van der Waals surface area contributed by atoms with Gasteiger partial charge in [0, 0.05) is 20.1 Å². The van der Waals surface area contributed by atoms with Crippen LogP contribution < -0.4 is 20.3 Å². The zero-order valence-corrected chi connectivity index (χ0v) is 23.8. The van der Waals surface area contributed by atoms with Gasteiger partial charge < -0.3 is 9.47 Å². The highest BCUT2D eigenvalue weighted by molar-refractivity contribution is 9.11. The minimum absolute atomic E-state index is 0.280. The van der Waals surface area contributed by atoms with Gasteiger partial charge in [0.1, 0.15) is 24.7 Å². The van der Waals surface area contributed by atoms with E-state index in [2.05, 4.69) is 97.9 Å². The molecule has 0 fully saturated rings. The second kappa shape index (κ2) is 14.2. The molecule has 178 valence electrons. The van der Waals surface area contributed by atoms with Crippen LogP contribution in [0.1, 0.15) is 11.1 Å². The number of hydrazone groups is 2. The summed E-state index contributed by atoms with van der Waals surface area (Å²) in [7, 11) is 0. The van der Waals surface area contributed by atoms with Crippen LogP contribution >= 0.6 is 63.7 Å². The highest BCUT2D eigenvalue weighted by Crippen LogP contribution is 2.33. The molecule has 0 spiro atoms. The van der Waals surface area contributed by atoms with Crippen molar-refractivity contribution in [1.82, 2.24) is 10.9 Å². The minimum atomic E-state index is -1.01. The van der Waals surface area contributed by atoms with Crippen LogP contribution in [0.2, 0.25) is 0 Å². The number of carbonyl (C=O) groups excluding carboxylic acids is 2. The first-order chi connectivity index (χ1) is 16.3. The molecule has 2 aromatic rings. The number of ether oxygens (including phenoxy) is 2. The Bertz CT molecular complexity index is 1060. The fraction of sp³-hybridized carbons (Fsp3) is 0.0909. The molecular weight excluding hydrogens is 704 g/mol. The number of carbonyl (C=O) groups is 2. The first-order valence-corrected chi connectivity index (χ1v) is 12.6. The Labute approximate surface area is 230 Å². The summed E-state index contributed by atoms with van der Waals surface area (Å²) >= 11 is 13.6. The number of rotatable bonds is 10. The molecule has 2 amide bonds. The normalized spacial score (nSPS) is 10.8. The van der Waals surface area contributed by atoms with Gasteiger partial charge in [-0.25, -0.2) is 10.9 Å². The third-order valence-corrected chi connectivity index (χ3v) is 5.80. The maximum atomic E-state index is 12.1. The first-order valence-electron chi connectivity index (χ1n) is 9.38. The second-order valence-electron chi connectivity index (χ2n) is 6.21. The summed E-state index contributed by atoms with van der Waals surface area (Å²) in [4.78, 5) is 24.1. The maximum Gasteiger partial charge on any atom is 0.331 e. The van der Waals surface area contributed by atoms with Crippen LogP contribution in [0, 0.1) is 0 Å². The topological polar surface area (TPSA) is 101 Å². The van der Waals surface area contributed by atoms with Gasteiger partial charge in [0.15, 0.2) is 0 Å². The lowest BCUT2D eigenvalue weighted by Gasteiger charge is -2.10. The summed E-state index contributed by atoms with van der Waals surface area (Å²) in [6.07, 6.45) is 5.90. The molecule has 2 N–H and O–H groups in total. The van der Waals surface area contributed by atoms with E-state index in [9.17, 15) is 9.59 Å². The number of hydrogen-bond acceptors (Lipinski definition) is 6. The Morgan fingerprint density at radius 3 is 1.50 bits per heavy atom. The van der Waals surface area contributed by atoms with E-state index in [0.29, 0.717) is 31.6 Å². The average molecular weight is 722 g/mol. The van der Waals surface area contributed by atoms with Gasteiger partial charge in [-0.15, -0.1) is 0 Å². The standard InChI is InChI=1S/C22H18Br4N4O4/c1-3-5-33-19-13(7-15(23)9-17(19)25)11-27-29-21(31)22(32)30-28-12-14-8-16(24)10-18(26)20(14)34-6-4-2/h3-4,7-12H,1-2,5-6H2,(H,29,31)(H,30,32)/b27-11+,28-12+. The predicted molar refractivity (Wildman–Crippen MR) is 147 cm³/mol. The molecule has 0 heterocycles. The molecule has 0 saturated heterocycles. The third kappa shape index (κ3) is 8.49. The molecule has 0 aromatic heterocycles. The third-order valence-electron chi connectivity index (χ3n) is 3.71. The largest absolute Gasteiger partial charge is 0.488 e. The lowest BCUT2D eigenvalue weighted by atomic mass is 10.2. The molecule has 2 rings (SSSR count). The van der Waals surface area contributed by atoms with E-state index in [-0.39, 0.29) is 13.2 Å². The van der Waals surface area contributed by atoms with Crippen molar-refractivity contribution < 1.29 is 19.1 Å². The lowest BCUT2D eigenvalue weighted by Crippen LogP contribution is -2.35. The van der Waals surface area contributed by atoms with Crippen molar-refractivity contribution in [1.29, 1.82) is 0 Å². The van der Waals surface area contributed by atoms with Gasteiger partial charge in [-0.05, 0) is 56.1 Å². The summed E-state index contributed by atoms with van der Waals surface area (Å²) in [5.41, 5.74) is 5.42. The molecule has 0 saturated carbocycles. The van der Waals surface area contributed by atoms with Crippen LogP contribution in [0.25, 0.3) is 0 Å². The summed E-state index contributed by atoms with van der Waals surface area (Å²) < 4.78 is 14.1. The van der Waals surface area contributed by atoms with Gasteiger partial charge in [0.05, 0.1) is 21.4 Å². The van der Waals surface area contributed by atoms with Gasteiger partial charge >= 0.3 is 11.8 Å². The maximum absolute atomic E-state index is 12.1. The smallest absolute Gasteiger partial charge is 0.331 e. The van der Waals surface area contributed by atoms with E-state index in [0.717, 1.165) is 8.95 Å². The van der Waals surface area contributed by atoms with Crippen LogP contribution in [0.3, 0.4) is 0 Å². The van der Waals surface area contributed by atoms with E-state index < -0.39 is 11.8 Å². The van der Waals surface area contributed by atoms with E-state index in [1.165, 1.54) is 12.4 Å². The van der Waals surface area contributed by atoms with Crippen LogP contribution in [0.5, 0.6) is 11.5 Å². The van der Waals surface area contributed by atoms with Gasteiger partial charge in [-0.3, -0.25) is 9.59 Å². The Hall–Kier alpha value is -2.28. The Morgan fingerprint density at radius 1 is 0.765 bits per heavy atom. The average Bonchev–Trinajstić information content (AvgIpc) is 2.77. The molecule has 8 nitrogen and oxygen atoms in total. The van der Waals surface area contributed by atoms with Crippen LogP contribution in [0.15, 0.2) is 77.7 Å². The lowest BCUT2D eigenvalue weighted by molar-refractivity contribution is -0.139. The number of halogens is 4. The first kappa shape index (κ1) is 28.0. The van der Waals surface area contributed by atoms with E-state index in [1.54, 1.807) is 36.4 Å². The Balaban J connectivity index is 2.04. The van der Waals surface area contributed by atoms with Crippen molar-refractivity contribution in [3.05, 3.63) is 78.6 Å². The molecule has 2 aromatic carbocycles. The van der Waals surface area contributed by atoms with Crippen molar-refractivity contribution in [2.75, 3.05) is 13.2 Å². The number of benzene rings is 2. The summed E-state index contributed by atoms with van der Waals surface area (Å²) in [5.74, 6) is -1.00. The molecule has 0 aliphatic carbocycles. The zero-order valence-electron chi connectivity index (χ0n) is 17.5. The van der Waals surface area contributed by atoms with Crippen molar-refractivity contribution in [3.8, 4) is 11.5 Å². The fourth-order valence-electron chi connectivity index (χ4n) is 2.36. The van der Waals surface area contributed by atoms with Crippen LogP contribution in [-0.4, -0.2) is 37.5 Å². The molecular formula is C22H18Br4N4O4. The van der Waals surface area contributed by atoms with Crippen LogP contribution in [0.4, 0.5) is 0 Å². The second-order valence-corrected chi connectivity index (χ2v) is 9.75. The molecule has 34 heavy (non-hydrogen) atoms. The molecule has 0 aliphatic heterocycles. The SMILES string of the molecule is C=CCOc1c(Br)cc(Br)cc1/C=N/NC(=O)C(=O)N/N=C/c1cc(Br)cc(Br)c1OCC=C. The highest BCUT2D eigenvalue weighted by Gasteiger charge is 2.13.